The van der Waals surface area contributed by atoms with Gasteiger partial charge in [0.05, 0.1) is 10.4 Å². The number of piperazine rings is 1. The maximum absolute atomic E-state index is 13.3. The van der Waals surface area contributed by atoms with Crippen molar-refractivity contribution in [3.05, 3.63) is 65.5 Å². The van der Waals surface area contributed by atoms with Gasteiger partial charge in [0.2, 0.25) is 10.0 Å². The van der Waals surface area contributed by atoms with Crippen LogP contribution in [-0.2, 0) is 15.6 Å². The highest BCUT2D eigenvalue weighted by atomic mass is 127. The Kier molecular flexibility index (Phi) is 5.07. The van der Waals surface area contributed by atoms with E-state index in [4.69, 9.17) is 0 Å². The lowest BCUT2D eigenvalue weighted by molar-refractivity contribution is 0.123. The van der Waals surface area contributed by atoms with Crippen molar-refractivity contribution in [1.82, 2.24) is 9.21 Å². The largest absolute Gasteiger partial charge is 0.290 e. The van der Waals surface area contributed by atoms with Crippen molar-refractivity contribution < 1.29 is 12.8 Å². The van der Waals surface area contributed by atoms with E-state index in [2.05, 4.69) is 27.5 Å². The molecular formula is C20H22FIN2O2S. The van der Waals surface area contributed by atoms with Crippen LogP contribution < -0.4 is 0 Å². The number of hydrogen-bond donors (Lipinski definition) is 0. The molecule has 1 aliphatic carbocycles. The van der Waals surface area contributed by atoms with Gasteiger partial charge in [0.25, 0.3) is 0 Å². The molecule has 2 unspecified atom stereocenters. The Morgan fingerprint density at radius 1 is 1.00 bits per heavy atom. The highest BCUT2D eigenvalue weighted by molar-refractivity contribution is 14.1. The van der Waals surface area contributed by atoms with Gasteiger partial charge >= 0.3 is 0 Å². The Morgan fingerprint density at radius 3 is 2.07 bits per heavy atom. The first-order valence-electron chi connectivity index (χ1n) is 9.06. The molecule has 27 heavy (non-hydrogen) atoms. The van der Waals surface area contributed by atoms with Gasteiger partial charge in [0.1, 0.15) is 5.82 Å². The van der Waals surface area contributed by atoms with E-state index in [0.717, 1.165) is 17.5 Å². The zero-order valence-corrected chi connectivity index (χ0v) is 18.1. The highest BCUT2D eigenvalue weighted by Gasteiger charge is 2.58. The topological polar surface area (TPSA) is 40.6 Å². The summed E-state index contributed by atoms with van der Waals surface area (Å²) < 4.78 is 41.2. The Balaban J connectivity index is 1.50. The van der Waals surface area contributed by atoms with E-state index in [0.29, 0.717) is 35.0 Å². The van der Waals surface area contributed by atoms with Crippen LogP contribution in [0.2, 0.25) is 0 Å². The molecule has 1 saturated carbocycles. The van der Waals surface area contributed by atoms with Crippen LogP contribution >= 0.6 is 22.6 Å². The summed E-state index contributed by atoms with van der Waals surface area (Å²) in [6.45, 7) is 4.26. The van der Waals surface area contributed by atoms with Crippen molar-refractivity contribution >= 4 is 32.6 Å². The van der Waals surface area contributed by atoms with Crippen molar-refractivity contribution in [2.45, 2.75) is 27.7 Å². The van der Waals surface area contributed by atoms with Gasteiger partial charge in [0.15, 0.2) is 0 Å². The lowest BCUT2D eigenvalue weighted by atomic mass is 10.0. The molecule has 1 aliphatic heterocycles. The normalized spacial score (nSPS) is 26.9. The van der Waals surface area contributed by atoms with Crippen LogP contribution in [0.25, 0.3) is 0 Å². The van der Waals surface area contributed by atoms with E-state index in [9.17, 15) is 12.8 Å². The van der Waals surface area contributed by atoms with Gasteiger partial charge in [-0.2, -0.15) is 4.31 Å². The average molecular weight is 500 g/mol. The molecule has 2 aromatic carbocycles. The lowest BCUT2D eigenvalue weighted by Crippen LogP contribution is -2.52. The number of hydrogen-bond acceptors (Lipinski definition) is 3. The second-order valence-electron chi connectivity index (χ2n) is 7.31. The number of alkyl halides is 1. The number of rotatable bonds is 4. The minimum atomic E-state index is -3.46. The molecule has 4 rings (SSSR count). The molecule has 2 atom stereocenters. The van der Waals surface area contributed by atoms with Gasteiger partial charge < -0.3 is 0 Å². The third kappa shape index (κ3) is 3.43. The predicted octanol–water partition coefficient (Wildman–Crippen LogP) is 3.54. The van der Waals surface area contributed by atoms with Gasteiger partial charge in [-0.3, -0.25) is 4.90 Å². The van der Waals surface area contributed by atoms with Crippen LogP contribution in [0.4, 0.5) is 4.39 Å². The van der Waals surface area contributed by atoms with Crippen LogP contribution in [0.15, 0.2) is 53.4 Å². The van der Waals surface area contributed by atoms with Crippen molar-refractivity contribution in [2.75, 3.05) is 26.2 Å². The maximum Gasteiger partial charge on any atom is 0.243 e. The van der Waals surface area contributed by atoms with Gasteiger partial charge in [-0.25, -0.2) is 12.8 Å². The summed E-state index contributed by atoms with van der Waals surface area (Å²) in [6, 6.07) is 13.8. The fourth-order valence-electron chi connectivity index (χ4n) is 3.95. The third-order valence-electron chi connectivity index (χ3n) is 5.65. The summed E-state index contributed by atoms with van der Waals surface area (Å²) in [5.41, 5.74) is 2.08. The second kappa shape index (κ2) is 7.09. The fraction of sp³-hybridized carbons (Fsp3) is 0.400. The summed E-state index contributed by atoms with van der Waals surface area (Å²) in [7, 11) is -3.46. The smallest absolute Gasteiger partial charge is 0.243 e. The molecule has 0 radical (unpaired) electrons. The number of sulfonamides is 1. The zero-order valence-electron chi connectivity index (χ0n) is 15.1. The van der Waals surface area contributed by atoms with Crippen molar-refractivity contribution in [1.29, 1.82) is 0 Å². The van der Waals surface area contributed by atoms with Crippen LogP contribution in [0.3, 0.4) is 0 Å². The Labute approximate surface area is 173 Å². The molecule has 2 fully saturated rings. The highest BCUT2D eigenvalue weighted by Crippen LogP contribution is 2.56. The zero-order chi connectivity index (χ0) is 19.2. The van der Waals surface area contributed by atoms with Crippen LogP contribution in [0, 0.1) is 12.7 Å². The second-order valence-corrected chi connectivity index (χ2v) is 10.7. The third-order valence-corrected chi connectivity index (χ3v) is 9.04. The van der Waals surface area contributed by atoms with Gasteiger partial charge in [0, 0.05) is 30.1 Å². The summed E-state index contributed by atoms with van der Waals surface area (Å²) in [5.74, 6) is -0.228. The molecule has 4 nitrogen and oxygen atoms in total. The van der Waals surface area contributed by atoms with Crippen molar-refractivity contribution in [3.8, 4) is 0 Å². The maximum atomic E-state index is 13.3. The van der Waals surface area contributed by atoms with Crippen LogP contribution in [0.5, 0.6) is 0 Å². The summed E-state index contributed by atoms with van der Waals surface area (Å²) >= 11 is 2.45. The molecule has 1 saturated heterocycles. The van der Waals surface area contributed by atoms with Crippen LogP contribution in [0.1, 0.15) is 17.5 Å². The van der Waals surface area contributed by atoms with Crippen LogP contribution in [-0.4, -0.2) is 47.7 Å². The minimum Gasteiger partial charge on any atom is -0.290 e. The fourth-order valence-corrected chi connectivity index (χ4v) is 6.80. The Bertz CT molecular complexity index is 925. The molecule has 0 aromatic heterocycles. The number of benzene rings is 2. The number of halogens is 2. The summed E-state index contributed by atoms with van der Waals surface area (Å²) in [4.78, 5) is 2.73. The Morgan fingerprint density at radius 2 is 1.56 bits per heavy atom. The standard InChI is InChI=1S/C20H22FIN2O2S/c1-15-2-8-18(9-3-15)27(25,26)24-12-10-23(11-13-24)20(14-19(20)22)16-4-6-17(21)7-5-16/h2-9,19H,10-14H2,1H3. The van der Waals surface area contributed by atoms with Crippen molar-refractivity contribution in [3.63, 3.8) is 0 Å². The van der Waals surface area contributed by atoms with E-state index in [1.807, 2.05) is 31.2 Å². The average Bonchev–Trinajstić information content (AvgIpc) is 3.35. The van der Waals surface area contributed by atoms with E-state index in [1.54, 1.807) is 16.4 Å². The molecule has 1 heterocycles. The number of nitrogens with zero attached hydrogens (tertiary/aromatic N) is 2. The van der Waals surface area contributed by atoms with E-state index < -0.39 is 10.0 Å². The first-order valence-corrected chi connectivity index (χ1v) is 11.7. The van der Waals surface area contributed by atoms with E-state index >= 15 is 0 Å². The molecule has 7 heteroatoms. The number of aryl methyl sites for hydroxylation is 1. The SMILES string of the molecule is Cc1ccc(S(=O)(=O)N2CCN(C3(c4ccc(F)cc4)CC3I)CC2)cc1. The van der Waals surface area contributed by atoms with E-state index in [1.165, 1.54) is 12.1 Å². The van der Waals surface area contributed by atoms with Gasteiger partial charge in [-0.05, 0) is 43.2 Å². The molecule has 144 valence electrons. The summed E-state index contributed by atoms with van der Waals surface area (Å²) in [5, 5.41) is 0. The van der Waals surface area contributed by atoms with Gasteiger partial charge in [-0.1, -0.05) is 52.4 Å². The van der Waals surface area contributed by atoms with E-state index in [-0.39, 0.29) is 11.4 Å². The molecule has 0 bridgehead atoms. The first kappa shape index (κ1) is 19.3. The minimum absolute atomic E-state index is 0.0893. The van der Waals surface area contributed by atoms with Crippen molar-refractivity contribution in [2.24, 2.45) is 0 Å². The summed E-state index contributed by atoms with van der Waals surface area (Å²) in [6.07, 6.45) is 1.02. The lowest BCUT2D eigenvalue weighted by Gasteiger charge is -2.39. The first-order chi connectivity index (χ1) is 12.8. The molecule has 0 N–H and O–H groups in total. The predicted molar refractivity (Wildman–Crippen MR) is 112 cm³/mol. The molecule has 0 amide bonds. The molecule has 2 aliphatic rings. The quantitative estimate of drug-likeness (QED) is 0.477. The van der Waals surface area contributed by atoms with Gasteiger partial charge in [-0.15, -0.1) is 0 Å². The molecular weight excluding hydrogens is 478 g/mol. The molecule has 2 aromatic rings. The monoisotopic (exact) mass is 500 g/mol. The molecule has 0 spiro atoms. The Hall–Kier alpha value is -1.03.